The van der Waals surface area contributed by atoms with E-state index in [0.717, 1.165) is 0 Å². The molecule has 9 unspecified atom stereocenters. The predicted molar refractivity (Wildman–Crippen MR) is 74.2 cm³/mol. The van der Waals surface area contributed by atoms with Crippen molar-refractivity contribution in [2.75, 3.05) is 26.9 Å². The maximum atomic E-state index is 10.2. The Bertz CT molecular complexity index is 371. The lowest BCUT2D eigenvalue weighted by Crippen LogP contribution is -2.64. The monoisotopic (exact) mass is 339 g/mol. The molecule has 2 aliphatic heterocycles. The molecule has 0 amide bonds. The molecule has 0 bridgehead atoms. The Morgan fingerprint density at radius 2 is 1.65 bits per heavy atom. The number of rotatable bonds is 5. The van der Waals surface area contributed by atoms with Gasteiger partial charge in [-0.15, -0.1) is 0 Å². The van der Waals surface area contributed by atoms with Crippen LogP contribution in [0.25, 0.3) is 0 Å². The molecular formula is C13H25NO9. The van der Waals surface area contributed by atoms with Crippen LogP contribution < -0.4 is 5.73 Å². The lowest BCUT2D eigenvalue weighted by Gasteiger charge is -2.45. The molecule has 7 N–H and O–H groups in total. The molecule has 0 saturated carbocycles. The zero-order valence-electron chi connectivity index (χ0n) is 12.8. The van der Waals surface area contributed by atoms with E-state index in [2.05, 4.69) is 0 Å². The van der Waals surface area contributed by atoms with Crippen LogP contribution in [-0.2, 0) is 18.9 Å². The minimum Gasteiger partial charge on any atom is -0.394 e. The Balaban J connectivity index is 2.12. The van der Waals surface area contributed by atoms with E-state index in [-0.39, 0.29) is 6.61 Å². The molecule has 2 heterocycles. The average Bonchev–Trinajstić information content (AvgIpc) is 2.54. The molecule has 2 saturated heterocycles. The van der Waals surface area contributed by atoms with E-state index in [1.165, 1.54) is 7.11 Å². The van der Waals surface area contributed by atoms with E-state index in [4.69, 9.17) is 24.7 Å². The normalized spacial score (nSPS) is 48.4. The number of ether oxygens (including phenoxy) is 4. The lowest BCUT2D eigenvalue weighted by molar-refractivity contribution is -0.334. The van der Waals surface area contributed by atoms with Crippen LogP contribution in [0.15, 0.2) is 0 Å². The Kier molecular flexibility index (Phi) is 6.68. The summed E-state index contributed by atoms with van der Waals surface area (Å²) in [5.74, 6) is 0. The Hall–Kier alpha value is -0.400. The summed E-state index contributed by atoms with van der Waals surface area (Å²) in [6, 6.07) is -0.721. The molecule has 0 radical (unpaired) electrons. The van der Waals surface area contributed by atoms with Crippen molar-refractivity contribution in [3.63, 3.8) is 0 Å². The molecule has 0 aromatic rings. The summed E-state index contributed by atoms with van der Waals surface area (Å²) in [6.07, 6.45) is -9.03. The van der Waals surface area contributed by atoms with Gasteiger partial charge in [0, 0.05) is 7.11 Å². The van der Waals surface area contributed by atoms with Crippen molar-refractivity contribution < 1.29 is 44.5 Å². The van der Waals surface area contributed by atoms with Gasteiger partial charge < -0.3 is 50.2 Å². The van der Waals surface area contributed by atoms with Gasteiger partial charge in [0.1, 0.15) is 42.7 Å². The second-order valence-electron chi connectivity index (χ2n) is 5.72. The minimum atomic E-state index is -1.37. The number of hydrogen-bond acceptors (Lipinski definition) is 10. The molecule has 2 aliphatic rings. The maximum Gasteiger partial charge on any atom is 0.187 e. The van der Waals surface area contributed by atoms with Gasteiger partial charge in [0.25, 0.3) is 0 Å². The molecule has 9 atom stereocenters. The summed E-state index contributed by atoms with van der Waals surface area (Å²) in [4.78, 5) is 0. The van der Waals surface area contributed by atoms with E-state index in [1.54, 1.807) is 0 Å². The Morgan fingerprint density at radius 3 is 2.22 bits per heavy atom. The van der Waals surface area contributed by atoms with Gasteiger partial charge in [-0.05, 0) is 0 Å². The van der Waals surface area contributed by atoms with Gasteiger partial charge in [0.2, 0.25) is 0 Å². The van der Waals surface area contributed by atoms with Crippen molar-refractivity contribution in [1.29, 1.82) is 0 Å². The van der Waals surface area contributed by atoms with Gasteiger partial charge in [0.15, 0.2) is 6.29 Å². The summed E-state index contributed by atoms with van der Waals surface area (Å²) < 4.78 is 21.2. The van der Waals surface area contributed by atoms with E-state index in [9.17, 15) is 25.5 Å². The van der Waals surface area contributed by atoms with Gasteiger partial charge in [-0.3, -0.25) is 0 Å². The number of aliphatic hydroxyl groups is 5. The third kappa shape index (κ3) is 3.82. The fourth-order valence-electron chi connectivity index (χ4n) is 2.82. The lowest BCUT2D eigenvalue weighted by atomic mass is 9.97. The third-order valence-electron chi connectivity index (χ3n) is 4.21. The molecule has 23 heavy (non-hydrogen) atoms. The molecule has 2 fully saturated rings. The average molecular weight is 339 g/mol. The first-order valence-electron chi connectivity index (χ1n) is 7.41. The molecular weight excluding hydrogens is 314 g/mol. The van der Waals surface area contributed by atoms with Gasteiger partial charge in [0.05, 0.1) is 25.9 Å². The van der Waals surface area contributed by atoms with Gasteiger partial charge in [-0.2, -0.15) is 0 Å². The van der Waals surface area contributed by atoms with Crippen molar-refractivity contribution in [3.05, 3.63) is 0 Å². The van der Waals surface area contributed by atoms with E-state index < -0.39 is 68.3 Å². The number of hydrogen-bond donors (Lipinski definition) is 6. The van der Waals surface area contributed by atoms with Crippen LogP contribution in [0, 0.1) is 0 Å². The first-order valence-corrected chi connectivity index (χ1v) is 7.41. The second-order valence-corrected chi connectivity index (χ2v) is 5.72. The summed E-state index contributed by atoms with van der Waals surface area (Å²) >= 11 is 0. The van der Waals surface area contributed by atoms with Crippen LogP contribution >= 0.6 is 0 Å². The van der Waals surface area contributed by atoms with E-state index >= 15 is 0 Å². The summed E-state index contributed by atoms with van der Waals surface area (Å²) in [6.45, 7) is -0.879. The van der Waals surface area contributed by atoms with E-state index in [1.807, 2.05) is 0 Å². The highest BCUT2D eigenvalue weighted by Gasteiger charge is 2.48. The van der Waals surface area contributed by atoms with Crippen molar-refractivity contribution in [1.82, 2.24) is 0 Å². The van der Waals surface area contributed by atoms with Crippen molar-refractivity contribution in [2.24, 2.45) is 5.73 Å². The molecule has 10 heteroatoms. The van der Waals surface area contributed by atoms with Crippen molar-refractivity contribution >= 4 is 0 Å². The zero-order chi connectivity index (χ0) is 17.1. The highest BCUT2D eigenvalue weighted by molar-refractivity contribution is 4.94. The van der Waals surface area contributed by atoms with Gasteiger partial charge in [-0.1, -0.05) is 0 Å². The highest BCUT2D eigenvalue weighted by Crippen LogP contribution is 2.27. The predicted octanol–water partition coefficient (Wildman–Crippen LogP) is -4.10. The molecule has 0 aliphatic carbocycles. The topological polar surface area (TPSA) is 164 Å². The SMILES string of the molecule is COC1C(O)C(CO)OC(OC2C(CO)OCC(N)C2O)C1O. The molecule has 0 aromatic carbocycles. The Labute approximate surface area is 133 Å². The van der Waals surface area contributed by atoms with Crippen LogP contribution in [0.1, 0.15) is 0 Å². The fraction of sp³-hybridized carbons (Fsp3) is 1.00. The van der Waals surface area contributed by atoms with Crippen molar-refractivity contribution in [2.45, 2.75) is 55.1 Å². The quantitative estimate of drug-likeness (QED) is 0.290. The first-order chi connectivity index (χ1) is 10.9. The van der Waals surface area contributed by atoms with Gasteiger partial charge in [-0.25, -0.2) is 0 Å². The van der Waals surface area contributed by atoms with E-state index in [0.29, 0.717) is 0 Å². The van der Waals surface area contributed by atoms with Crippen LogP contribution in [0.3, 0.4) is 0 Å². The Morgan fingerprint density at radius 1 is 1.00 bits per heavy atom. The zero-order valence-corrected chi connectivity index (χ0v) is 12.8. The summed E-state index contributed by atoms with van der Waals surface area (Å²) in [7, 11) is 1.29. The molecule has 0 spiro atoms. The van der Waals surface area contributed by atoms with Gasteiger partial charge >= 0.3 is 0 Å². The largest absolute Gasteiger partial charge is 0.394 e. The summed E-state index contributed by atoms with van der Waals surface area (Å²) in [5, 5.41) is 48.9. The van der Waals surface area contributed by atoms with Crippen LogP contribution in [0.4, 0.5) is 0 Å². The van der Waals surface area contributed by atoms with Crippen LogP contribution in [-0.4, -0.2) is 108 Å². The smallest absolute Gasteiger partial charge is 0.187 e. The standard InChI is InChI=1S/C13H25NO9/c1-20-12-9(18)6(2-15)22-13(10(12)19)23-11-7(3-16)21-4-5(14)8(11)17/h5-13,15-19H,2-4,14H2,1H3. The number of nitrogens with two attached hydrogens (primary N) is 1. The van der Waals surface area contributed by atoms with Crippen LogP contribution in [0.2, 0.25) is 0 Å². The molecule has 10 nitrogen and oxygen atoms in total. The first kappa shape index (κ1) is 18.9. The minimum absolute atomic E-state index is 0.0546. The second kappa shape index (κ2) is 8.12. The number of methoxy groups -OCH3 is 1. The maximum absolute atomic E-state index is 10.2. The summed E-state index contributed by atoms with van der Waals surface area (Å²) in [5.41, 5.74) is 5.71. The highest BCUT2D eigenvalue weighted by atomic mass is 16.7. The fourth-order valence-corrected chi connectivity index (χ4v) is 2.82. The molecule has 136 valence electrons. The molecule has 0 aromatic heterocycles. The van der Waals surface area contributed by atoms with Crippen LogP contribution in [0.5, 0.6) is 0 Å². The third-order valence-corrected chi connectivity index (χ3v) is 4.21. The van der Waals surface area contributed by atoms with Crippen molar-refractivity contribution in [3.8, 4) is 0 Å². The molecule has 2 rings (SSSR count). The number of aliphatic hydroxyl groups excluding tert-OH is 5.